The number of piperazine rings is 1. The number of nitrogens with one attached hydrogen (secondary N) is 1. The highest BCUT2D eigenvalue weighted by atomic mass is 35.5. The van der Waals surface area contributed by atoms with Crippen molar-refractivity contribution in [3.63, 3.8) is 0 Å². The van der Waals surface area contributed by atoms with Gasteiger partial charge >= 0.3 is 6.03 Å². The lowest BCUT2D eigenvalue weighted by Gasteiger charge is -2.39. The summed E-state index contributed by atoms with van der Waals surface area (Å²) in [6.07, 6.45) is 8.14. The maximum absolute atomic E-state index is 12.4. The third-order valence-corrected chi connectivity index (χ3v) is 5.39. The van der Waals surface area contributed by atoms with Gasteiger partial charge in [-0.2, -0.15) is 0 Å². The number of nitrogens with zero attached hydrogens (tertiary/aromatic N) is 2. The molecule has 1 saturated heterocycles. The number of urea groups is 1. The highest BCUT2D eigenvalue weighted by Gasteiger charge is 2.26. The highest BCUT2D eigenvalue weighted by molar-refractivity contribution is 6.33. The molecule has 1 heterocycles. The standard InChI is InChI=1S/C18H26ClN3O/c19-16-9-5-6-10-17(16)20-18(23)22-13-11-21(12-14-22)15-7-3-1-2-4-8-15/h5-6,9-10,15H,1-4,7-8,11-14H2,(H,20,23). The van der Waals surface area contributed by atoms with Gasteiger partial charge in [0.1, 0.15) is 0 Å². The Labute approximate surface area is 143 Å². The number of benzene rings is 1. The molecule has 126 valence electrons. The van der Waals surface area contributed by atoms with Gasteiger partial charge in [-0.1, -0.05) is 49.4 Å². The fraction of sp³-hybridized carbons (Fsp3) is 0.611. The molecule has 4 nitrogen and oxygen atoms in total. The lowest BCUT2D eigenvalue weighted by Crippen LogP contribution is -2.52. The van der Waals surface area contributed by atoms with Gasteiger partial charge in [-0.25, -0.2) is 4.79 Å². The first kappa shape index (κ1) is 16.6. The molecule has 1 saturated carbocycles. The van der Waals surface area contributed by atoms with Crippen LogP contribution in [0.5, 0.6) is 0 Å². The largest absolute Gasteiger partial charge is 0.322 e. The highest BCUT2D eigenvalue weighted by Crippen LogP contribution is 2.24. The molecule has 1 aromatic rings. The van der Waals surface area contributed by atoms with E-state index in [1.165, 1.54) is 38.5 Å². The first-order valence-corrected chi connectivity index (χ1v) is 9.16. The van der Waals surface area contributed by atoms with Crippen molar-refractivity contribution in [3.8, 4) is 0 Å². The molecule has 1 aliphatic heterocycles. The molecule has 23 heavy (non-hydrogen) atoms. The fourth-order valence-corrected chi connectivity index (χ4v) is 3.85. The lowest BCUT2D eigenvalue weighted by atomic mass is 10.1. The second-order valence-electron chi connectivity index (χ2n) is 6.58. The molecule has 0 radical (unpaired) electrons. The number of hydrogen-bond acceptors (Lipinski definition) is 2. The van der Waals surface area contributed by atoms with Crippen LogP contribution >= 0.6 is 11.6 Å². The molecule has 2 fully saturated rings. The van der Waals surface area contributed by atoms with Crippen LogP contribution in [0.2, 0.25) is 5.02 Å². The summed E-state index contributed by atoms with van der Waals surface area (Å²) in [7, 11) is 0. The van der Waals surface area contributed by atoms with E-state index in [1.807, 2.05) is 23.1 Å². The van der Waals surface area contributed by atoms with Crippen molar-refractivity contribution in [2.24, 2.45) is 0 Å². The fourth-order valence-electron chi connectivity index (χ4n) is 3.67. The van der Waals surface area contributed by atoms with Gasteiger partial charge in [-0.3, -0.25) is 4.90 Å². The molecular formula is C18H26ClN3O. The molecule has 0 spiro atoms. The Morgan fingerprint density at radius 2 is 1.65 bits per heavy atom. The van der Waals surface area contributed by atoms with E-state index in [2.05, 4.69) is 10.2 Å². The topological polar surface area (TPSA) is 35.6 Å². The van der Waals surface area contributed by atoms with Crippen LogP contribution in [0, 0.1) is 0 Å². The molecule has 1 aliphatic carbocycles. The zero-order valence-corrected chi connectivity index (χ0v) is 14.4. The Balaban J connectivity index is 1.50. The average Bonchev–Trinajstić information content (AvgIpc) is 2.86. The van der Waals surface area contributed by atoms with E-state index in [-0.39, 0.29) is 6.03 Å². The molecular weight excluding hydrogens is 310 g/mol. The summed E-state index contributed by atoms with van der Waals surface area (Å²) >= 11 is 6.11. The number of rotatable bonds is 2. The number of carbonyl (C=O) groups excluding carboxylic acids is 1. The van der Waals surface area contributed by atoms with E-state index in [9.17, 15) is 4.79 Å². The third kappa shape index (κ3) is 4.39. The van der Waals surface area contributed by atoms with Crippen molar-refractivity contribution >= 4 is 23.3 Å². The van der Waals surface area contributed by atoms with E-state index >= 15 is 0 Å². The minimum absolute atomic E-state index is 0.0429. The first-order chi connectivity index (χ1) is 11.2. The number of anilines is 1. The van der Waals surface area contributed by atoms with Gasteiger partial charge < -0.3 is 10.2 Å². The van der Waals surface area contributed by atoms with Crippen LogP contribution in [0.4, 0.5) is 10.5 Å². The molecule has 1 aromatic carbocycles. The van der Waals surface area contributed by atoms with Gasteiger partial charge in [-0.15, -0.1) is 0 Å². The molecule has 5 heteroatoms. The SMILES string of the molecule is O=C(Nc1ccccc1Cl)N1CCN(C2CCCCCC2)CC1. The monoisotopic (exact) mass is 335 g/mol. The third-order valence-electron chi connectivity index (χ3n) is 5.06. The van der Waals surface area contributed by atoms with Crippen molar-refractivity contribution in [1.82, 2.24) is 9.80 Å². The number of amides is 2. The lowest BCUT2D eigenvalue weighted by molar-refractivity contribution is 0.105. The Bertz CT molecular complexity index is 521. The molecule has 0 atom stereocenters. The van der Waals surface area contributed by atoms with E-state index in [0.717, 1.165) is 32.2 Å². The molecule has 1 N–H and O–H groups in total. The summed E-state index contributed by atoms with van der Waals surface area (Å²) in [4.78, 5) is 16.9. The van der Waals surface area contributed by atoms with Crippen LogP contribution < -0.4 is 5.32 Å². The van der Waals surface area contributed by atoms with Crippen LogP contribution in [0.1, 0.15) is 38.5 Å². The van der Waals surface area contributed by atoms with Gasteiger partial charge in [0, 0.05) is 32.2 Å². The van der Waals surface area contributed by atoms with Crippen LogP contribution in [0.25, 0.3) is 0 Å². The number of para-hydroxylation sites is 1. The smallest absolute Gasteiger partial charge is 0.321 e. The summed E-state index contributed by atoms with van der Waals surface area (Å²) in [6, 6.07) is 8.06. The Kier molecular flexibility index (Phi) is 5.79. The van der Waals surface area contributed by atoms with E-state index in [4.69, 9.17) is 11.6 Å². The molecule has 2 amide bonds. The predicted molar refractivity (Wildman–Crippen MR) is 95.1 cm³/mol. The number of hydrogen-bond donors (Lipinski definition) is 1. The molecule has 2 aliphatic rings. The second kappa shape index (κ2) is 8.02. The summed E-state index contributed by atoms with van der Waals surface area (Å²) in [6.45, 7) is 3.57. The maximum atomic E-state index is 12.4. The minimum atomic E-state index is -0.0429. The Morgan fingerprint density at radius 1 is 1.00 bits per heavy atom. The minimum Gasteiger partial charge on any atom is -0.322 e. The Morgan fingerprint density at radius 3 is 2.30 bits per heavy atom. The van der Waals surface area contributed by atoms with E-state index in [0.29, 0.717) is 10.7 Å². The normalized spacial score (nSPS) is 21.0. The summed E-state index contributed by atoms with van der Waals surface area (Å²) in [5.74, 6) is 0. The van der Waals surface area contributed by atoms with Gasteiger partial charge in [0.05, 0.1) is 10.7 Å². The van der Waals surface area contributed by atoms with Crippen molar-refractivity contribution < 1.29 is 4.79 Å². The number of carbonyl (C=O) groups is 1. The van der Waals surface area contributed by atoms with Gasteiger partial charge in [0.25, 0.3) is 0 Å². The maximum Gasteiger partial charge on any atom is 0.321 e. The molecule has 0 bridgehead atoms. The quantitative estimate of drug-likeness (QED) is 0.822. The number of halogens is 1. The van der Waals surface area contributed by atoms with Crippen molar-refractivity contribution in [1.29, 1.82) is 0 Å². The second-order valence-corrected chi connectivity index (χ2v) is 6.99. The van der Waals surface area contributed by atoms with Gasteiger partial charge in [-0.05, 0) is 25.0 Å². The van der Waals surface area contributed by atoms with Crippen LogP contribution in [0.3, 0.4) is 0 Å². The van der Waals surface area contributed by atoms with Crippen molar-refractivity contribution in [3.05, 3.63) is 29.3 Å². The van der Waals surface area contributed by atoms with Crippen molar-refractivity contribution in [2.75, 3.05) is 31.5 Å². The molecule has 3 rings (SSSR count). The summed E-state index contributed by atoms with van der Waals surface area (Å²) in [5, 5.41) is 3.50. The molecule has 0 unspecified atom stereocenters. The zero-order chi connectivity index (χ0) is 16.1. The van der Waals surface area contributed by atoms with Crippen LogP contribution in [-0.2, 0) is 0 Å². The summed E-state index contributed by atoms with van der Waals surface area (Å²) in [5.41, 5.74) is 0.686. The van der Waals surface area contributed by atoms with Crippen molar-refractivity contribution in [2.45, 2.75) is 44.6 Å². The van der Waals surface area contributed by atoms with E-state index in [1.54, 1.807) is 6.07 Å². The van der Waals surface area contributed by atoms with Gasteiger partial charge in [0.2, 0.25) is 0 Å². The average molecular weight is 336 g/mol. The predicted octanol–water partition coefficient (Wildman–Crippen LogP) is 4.21. The Hall–Kier alpha value is -1.26. The first-order valence-electron chi connectivity index (χ1n) is 8.78. The van der Waals surface area contributed by atoms with E-state index < -0.39 is 0 Å². The molecule has 0 aromatic heterocycles. The van der Waals surface area contributed by atoms with Gasteiger partial charge in [0.15, 0.2) is 0 Å². The summed E-state index contributed by atoms with van der Waals surface area (Å²) < 4.78 is 0. The van der Waals surface area contributed by atoms with Crippen LogP contribution in [-0.4, -0.2) is 48.1 Å². The van der Waals surface area contributed by atoms with Crippen LogP contribution in [0.15, 0.2) is 24.3 Å². The zero-order valence-electron chi connectivity index (χ0n) is 13.6.